The Hall–Kier alpha value is -3.51. The lowest BCUT2D eigenvalue weighted by atomic mass is 9.93. The molecule has 5 nitrogen and oxygen atoms in total. The van der Waals surface area contributed by atoms with E-state index in [1.165, 1.54) is 23.5 Å². The van der Waals surface area contributed by atoms with Gasteiger partial charge in [-0.15, -0.1) is 0 Å². The highest BCUT2D eigenvalue weighted by atomic mass is 19.1. The first-order valence-electron chi connectivity index (χ1n) is 12.7. The number of rotatable bonds is 9. The Morgan fingerprint density at radius 1 is 0.944 bits per heavy atom. The van der Waals surface area contributed by atoms with Crippen LogP contribution in [-0.4, -0.2) is 24.4 Å². The Morgan fingerprint density at radius 3 is 2.39 bits per heavy atom. The number of halogens is 1. The van der Waals surface area contributed by atoms with E-state index in [0.29, 0.717) is 12.2 Å². The molecule has 1 fully saturated rings. The third-order valence-electron chi connectivity index (χ3n) is 6.74. The quantitative estimate of drug-likeness (QED) is 0.422. The van der Waals surface area contributed by atoms with Crippen molar-refractivity contribution in [1.29, 1.82) is 0 Å². The van der Waals surface area contributed by atoms with Crippen molar-refractivity contribution < 1.29 is 14.0 Å². The summed E-state index contributed by atoms with van der Waals surface area (Å²) in [6.45, 7) is 2.44. The van der Waals surface area contributed by atoms with Gasteiger partial charge in [0.15, 0.2) is 0 Å². The summed E-state index contributed by atoms with van der Waals surface area (Å²) in [5.41, 5.74) is 3.03. The van der Waals surface area contributed by atoms with Gasteiger partial charge in [0.05, 0.1) is 6.54 Å². The van der Waals surface area contributed by atoms with E-state index in [0.717, 1.165) is 42.4 Å². The fraction of sp³-hybridized carbons (Fsp3) is 0.333. The Bertz CT molecular complexity index is 1160. The summed E-state index contributed by atoms with van der Waals surface area (Å²) in [7, 11) is 0. The zero-order valence-corrected chi connectivity index (χ0v) is 20.8. The molecule has 1 aliphatic carbocycles. The van der Waals surface area contributed by atoms with Gasteiger partial charge in [-0.3, -0.25) is 14.5 Å². The lowest BCUT2D eigenvalue weighted by Gasteiger charge is -2.34. The van der Waals surface area contributed by atoms with Gasteiger partial charge in [0.2, 0.25) is 11.8 Å². The number of nitrogens with one attached hydrogen (secondary N) is 2. The van der Waals surface area contributed by atoms with Gasteiger partial charge in [-0.25, -0.2) is 4.39 Å². The van der Waals surface area contributed by atoms with E-state index in [4.69, 9.17) is 0 Å². The maximum atomic E-state index is 14.3. The highest BCUT2D eigenvalue weighted by Crippen LogP contribution is 2.31. The predicted molar refractivity (Wildman–Crippen MR) is 141 cm³/mol. The molecule has 0 spiro atoms. The van der Waals surface area contributed by atoms with E-state index in [1.54, 1.807) is 12.1 Å². The molecule has 2 amide bonds. The first-order chi connectivity index (χ1) is 17.5. The van der Waals surface area contributed by atoms with Gasteiger partial charge in [0.25, 0.3) is 0 Å². The number of benzene rings is 3. The van der Waals surface area contributed by atoms with Crippen LogP contribution in [0.15, 0.2) is 78.9 Å². The van der Waals surface area contributed by atoms with Crippen LogP contribution in [0.25, 0.3) is 0 Å². The molecular weight excluding hydrogens is 453 g/mol. The third kappa shape index (κ3) is 6.58. The van der Waals surface area contributed by atoms with Gasteiger partial charge in [0, 0.05) is 18.3 Å². The molecule has 6 heteroatoms. The molecule has 0 saturated heterocycles. The lowest BCUT2D eigenvalue weighted by molar-refractivity contribution is -0.127. The second-order valence-corrected chi connectivity index (χ2v) is 9.44. The van der Waals surface area contributed by atoms with Crippen LogP contribution < -0.4 is 15.5 Å². The minimum atomic E-state index is -0.916. The molecule has 0 aliphatic heterocycles. The first kappa shape index (κ1) is 25.6. The summed E-state index contributed by atoms with van der Waals surface area (Å²) in [5, 5.41) is 6.39. The molecule has 2 N–H and O–H groups in total. The Labute approximate surface area is 212 Å². The number of amides is 2. The van der Waals surface area contributed by atoms with Gasteiger partial charge in [-0.1, -0.05) is 79.9 Å². The van der Waals surface area contributed by atoms with Crippen molar-refractivity contribution in [2.45, 2.75) is 57.7 Å². The molecule has 1 aliphatic rings. The van der Waals surface area contributed by atoms with Crippen molar-refractivity contribution in [1.82, 2.24) is 10.6 Å². The van der Waals surface area contributed by atoms with Crippen LogP contribution in [0.3, 0.4) is 0 Å². The van der Waals surface area contributed by atoms with Crippen LogP contribution in [0.2, 0.25) is 0 Å². The number of aryl methyl sites for hydroxylation is 1. The minimum absolute atomic E-state index is 0.00446. The van der Waals surface area contributed by atoms with Gasteiger partial charge in [-0.05, 0) is 54.7 Å². The maximum Gasteiger partial charge on any atom is 0.248 e. The molecule has 1 atom stereocenters. The third-order valence-corrected chi connectivity index (χ3v) is 6.74. The molecule has 3 aromatic carbocycles. The summed E-state index contributed by atoms with van der Waals surface area (Å²) < 4.78 is 14.3. The fourth-order valence-corrected chi connectivity index (χ4v) is 4.88. The van der Waals surface area contributed by atoms with Crippen LogP contribution in [-0.2, 0) is 16.1 Å². The van der Waals surface area contributed by atoms with Gasteiger partial charge in [-0.2, -0.15) is 0 Å². The van der Waals surface area contributed by atoms with Crippen LogP contribution in [0.4, 0.5) is 10.1 Å². The van der Waals surface area contributed by atoms with E-state index in [-0.39, 0.29) is 24.4 Å². The predicted octanol–water partition coefficient (Wildman–Crippen LogP) is 5.45. The molecule has 1 saturated carbocycles. The smallest absolute Gasteiger partial charge is 0.248 e. The van der Waals surface area contributed by atoms with Crippen LogP contribution in [0.5, 0.6) is 0 Å². The van der Waals surface area contributed by atoms with Crippen LogP contribution in [0, 0.1) is 12.7 Å². The first-order valence-corrected chi connectivity index (χ1v) is 12.7. The normalized spacial score (nSPS) is 14.7. The van der Waals surface area contributed by atoms with E-state index in [1.807, 2.05) is 61.5 Å². The van der Waals surface area contributed by atoms with Gasteiger partial charge >= 0.3 is 0 Å². The van der Waals surface area contributed by atoms with E-state index in [9.17, 15) is 14.0 Å². The van der Waals surface area contributed by atoms with Crippen molar-refractivity contribution in [2.24, 2.45) is 0 Å². The highest BCUT2D eigenvalue weighted by molar-refractivity contribution is 6.02. The number of hydrogen-bond acceptors (Lipinski definition) is 3. The summed E-state index contributed by atoms with van der Waals surface area (Å²) in [6, 6.07) is 22.4. The number of carbonyl (C=O) groups excluding carboxylic acids is 2. The lowest BCUT2D eigenvalue weighted by Crippen LogP contribution is -2.49. The second kappa shape index (κ2) is 12.5. The van der Waals surface area contributed by atoms with Crippen LogP contribution >= 0.6 is 0 Å². The summed E-state index contributed by atoms with van der Waals surface area (Å²) in [4.78, 5) is 29.0. The average Bonchev–Trinajstić information content (AvgIpc) is 2.89. The molecule has 3 aromatic rings. The molecular formula is C30H34FN3O2. The zero-order valence-electron chi connectivity index (χ0n) is 20.8. The number of nitrogens with zero attached hydrogens (tertiary/aromatic N) is 1. The molecule has 0 bridgehead atoms. The average molecular weight is 488 g/mol. The monoisotopic (exact) mass is 487 g/mol. The fourth-order valence-electron chi connectivity index (χ4n) is 4.88. The highest BCUT2D eigenvalue weighted by Gasteiger charge is 2.34. The molecule has 0 aromatic heterocycles. The van der Waals surface area contributed by atoms with Crippen molar-refractivity contribution in [3.8, 4) is 0 Å². The molecule has 0 radical (unpaired) electrons. The van der Waals surface area contributed by atoms with Crippen molar-refractivity contribution in [3.63, 3.8) is 0 Å². The SMILES string of the molecule is Cc1ccccc1C(C(=O)NC1CCCCC1)N(C(=O)CNCc1ccccc1)c1cccc(F)c1. The molecule has 0 heterocycles. The minimum Gasteiger partial charge on any atom is -0.351 e. The standard InChI is InChI=1S/C30H34FN3O2/c1-22-11-8-9-18-27(22)29(30(36)33-25-15-6-3-7-16-25)34(26-17-10-14-24(31)19-26)28(35)21-32-20-23-12-4-2-5-13-23/h2,4-5,8-14,17-19,25,29,32H,3,6-7,15-16,20-21H2,1H3,(H,33,36). The van der Waals surface area contributed by atoms with E-state index in [2.05, 4.69) is 10.6 Å². The summed E-state index contributed by atoms with van der Waals surface area (Å²) in [5.74, 6) is -1.00. The summed E-state index contributed by atoms with van der Waals surface area (Å²) in [6.07, 6.45) is 5.19. The van der Waals surface area contributed by atoms with Crippen molar-refractivity contribution in [2.75, 3.05) is 11.4 Å². The maximum absolute atomic E-state index is 14.3. The van der Waals surface area contributed by atoms with Gasteiger partial charge in [0.1, 0.15) is 11.9 Å². The Kier molecular flexibility index (Phi) is 8.85. The van der Waals surface area contributed by atoms with E-state index < -0.39 is 11.9 Å². The number of hydrogen-bond donors (Lipinski definition) is 2. The zero-order chi connectivity index (χ0) is 25.3. The topological polar surface area (TPSA) is 61.4 Å². The number of anilines is 1. The number of carbonyl (C=O) groups is 2. The van der Waals surface area contributed by atoms with Crippen molar-refractivity contribution in [3.05, 3.63) is 101 Å². The largest absolute Gasteiger partial charge is 0.351 e. The van der Waals surface area contributed by atoms with Gasteiger partial charge < -0.3 is 10.6 Å². The molecule has 4 rings (SSSR count). The van der Waals surface area contributed by atoms with Crippen LogP contribution in [0.1, 0.15) is 54.8 Å². The molecule has 188 valence electrons. The summed E-state index contributed by atoms with van der Waals surface area (Å²) >= 11 is 0. The Morgan fingerprint density at radius 2 is 1.67 bits per heavy atom. The Balaban J connectivity index is 1.66. The van der Waals surface area contributed by atoms with Crippen molar-refractivity contribution >= 4 is 17.5 Å². The molecule has 36 heavy (non-hydrogen) atoms. The van der Waals surface area contributed by atoms with E-state index >= 15 is 0 Å². The second-order valence-electron chi connectivity index (χ2n) is 9.44. The molecule has 1 unspecified atom stereocenters.